The van der Waals surface area contributed by atoms with Crippen molar-refractivity contribution < 1.29 is 4.21 Å². The van der Waals surface area contributed by atoms with Gasteiger partial charge in [-0.15, -0.1) is 0 Å². The Morgan fingerprint density at radius 1 is 1.30 bits per heavy atom. The fourth-order valence-corrected chi connectivity index (χ4v) is 7.19. The number of nitriles is 1. The predicted molar refractivity (Wildman–Crippen MR) is 112 cm³/mol. The molecule has 0 amide bonds. The lowest BCUT2D eigenvalue weighted by Gasteiger charge is -2.49. The molecule has 30 heavy (non-hydrogen) atoms. The van der Waals surface area contributed by atoms with Crippen LogP contribution in [-0.4, -0.2) is 57.6 Å². The zero-order valence-corrected chi connectivity index (χ0v) is 17.3. The van der Waals surface area contributed by atoms with E-state index in [9.17, 15) is 9.47 Å². The molecule has 0 spiro atoms. The first-order valence-electron chi connectivity index (χ1n) is 10.3. The summed E-state index contributed by atoms with van der Waals surface area (Å²) in [4.78, 5) is 11.8. The Bertz CT molecular complexity index is 1280. The lowest BCUT2D eigenvalue weighted by atomic mass is 9.89. The van der Waals surface area contributed by atoms with E-state index >= 15 is 0 Å². The number of nitrogens with zero attached hydrogens (tertiary/aromatic N) is 7. The van der Waals surface area contributed by atoms with Crippen LogP contribution in [0.3, 0.4) is 0 Å². The highest BCUT2D eigenvalue weighted by atomic mass is 32.2. The summed E-state index contributed by atoms with van der Waals surface area (Å²) in [6.45, 7) is 1.08. The van der Waals surface area contributed by atoms with Gasteiger partial charge in [0.25, 0.3) is 0 Å². The molecule has 2 saturated carbocycles. The molecular weight excluding hydrogens is 400 g/mol. The van der Waals surface area contributed by atoms with E-state index in [-0.39, 0.29) is 11.3 Å². The van der Waals surface area contributed by atoms with Crippen molar-refractivity contribution in [2.75, 3.05) is 13.1 Å². The molecular formula is C20H22N8OS. The maximum absolute atomic E-state index is 13.7. The Morgan fingerprint density at radius 3 is 2.87 bits per heavy atom. The molecule has 3 fully saturated rings. The fraction of sp³-hybridized carbons (Fsp3) is 0.500. The van der Waals surface area contributed by atoms with Crippen molar-refractivity contribution in [3.63, 3.8) is 0 Å². The molecule has 1 saturated heterocycles. The number of hydrogen-bond acceptors (Lipinski definition) is 6. The number of aromatic amines is 1. The Kier molecular flexibility index (Phi) is 3.82. The molecule has 10 heteroatoms. The van der Waals surface area contributed by atoms with E-state index in [1.807, 2.05) is 27.4 Å². The second-order valence-corrected chi connectivity index (χ2v) is 11.0. The zero-order chi connectivity index (χ0) is 20.3. The zero-order valence-electron chi connectivity index (χ0n) is 16.4. The van der Waals surface area contributed by atoms with Gasteiger partial charge in [0, 0.05) is 36.4 Å². The topological polar surface area (TPSA) is 116 Å². The summed E-state index contributed by atoms with van der Waals surface area (Å²) < 4.78 is 22.3. The van der Waals surface area contributed by atoms with Gasteiger partial charge in [0.05, 0.1) is 35.7 Å². The molecule has 1 atom stereocenters. The molecule has 9 nitrogen and oxygen atoms in total. The van der Waals surface area contributed by atoms with Crippen LogP contribution in [0.15, 0.2) is 35.3 Å². The molecule has 3 aromatic heterocycles. The van der Waals surface area contributed by atoms with Crippen molar-refractivity contribution in [3.05, 3.63) is 31.0 Å². The Balaban J connectivity index is 1.32. The molecule has 154 valence electrons. The Labute approximate surface area is 174 Å². The minimum atomic E-state index is -2.35. The van der Waals surface area contributed by atoms with Crippen LogP contribution < -0.4 is 0 Å². The molecule has 0 unspecified atom stereocenters. The van der Waals surface area contributed by atoms with E-state index in [1.54, 1.807) is 6.20 Å². The average molecular weight is 423 g/mol. The molecule has 0 aromatic carbocycles. The van der Waals surface area contributed by atoms with Crippen LogP contribution in [0.5, 0.6) is 0 Å². The smallest absolute Gasteiger partial charge is 0.141 e. The second kappa shape index (κ2) is 6.36. The average Bonchev–Trinajstić information content (AvgIpc) is 3.63. The lowest BCUT2D eigenvalue weighted by molar-refractivity contribution is 0.0746. The van der Waals surface area contributed by atoms with Gasteiger partial charge in [-0.2, -0.15) is 10.4 Å². The molecule has 2 aliphatic carbocycles. The van der Waals surface area contributed by atoms with Crippen LogP contribution >= 0.6 is 0 Å². The van der Waals surface area contributed by atoms with Gasteiger partial charge in [-0.05, 0) is 31.7 Å². The molecule has 1 aliphatic heterocycles. The lowest BCUT2D eigenvalue weighted by Crippen LogP contribution is -2.64. The highest BCUT2D eigenvalue weighted by Gasteiger charge is 2.53. The van der Waals surface area contributed by atoms with Crippen LogP contribution in [0.25, 0.3) is 22.3 Å². The van der Waals surface area contributed by atoms with Gasteiger partial charge < -0.3 is 4.98 Å². The van der Waals surface area contributed by atoms with Crippen LogP contribution in [0.1, 0.15) is 32.1 Å². The third-order valence-electron chi connectivity index (χ3n) is 6.22. The number of aromatic nitrogens is 5. The number of rotatable bonds is 6. The number of fused-ring (bicyclic) bond motifs is 1. The van der Waals surface area contributed by atoms with E-state index in [2.05, 4.69) is 26.1 Å². The molecule has 3 aromatic rings. The summed E-state index contributed by atoms with van der Waals surface area (Å²) in [7, 11) is -2.35. The van der Waals surface area contributed by atoms with E-state index in [1.165, 1.54) is 6.33 Å². The second-order valence-electron chi connectivity index (χ2n) is 8.57. The van der Waals surface area contributed by atoms with Gasteiger partial charge in [-0.25, -0.2) is 22.8 Å². The third-order valence-corrected chi connectivity index (χ3v) is 9.16. The first-order valence-corrected chi connectivity index (χ1v) is 11.9. The van der Waals surface area contributed by atoms with Crippen LogP contribution in [0.2, 0.25) is 0 Å². The molecule has 0 bridgehead atoms. The van der Waals surface area contributed by atoms with Gasteiger partial charge in [-0.3, -0.25) is 4.68 Å². The summed E-state index contributed by atoms with van der Waals surface area (Å²) in [5.74, 6) is 0. The Morgan fingerprint density at radius 2 is 2.13 bits per heavy atom. The maximum atomic E-state index is 13.7. The summed E-state index contributed by atoms with van der Waals surface area (Å²) in [5.41, 5.74) is 1.98. The number of H-pyrrole nitrogens is 1. The van der Waals surface area contributed by atoms with E-state index in [0.29, 0.717) is 19.5 Å². The molecule has 1 N–H and O–H groups in total. The minimum Gasteiger partial charge on any atom is -0.346 e. The monoisotopic (exact) mass is 422 g/mol. The predicted octanol–water partition coefficient (Wildman–Crippen LogP) is 2.45. The van der Waals surface area contributed by atoms with Crippen molar-refractivity contribution in [2.45, 2.75) is 48.9 Å². The van der Waals surface area contributed by atoms with Crippen LogP contribution in [0, 0.1) is 11.3 Å². The van der Waals surface area contributed by atoms with Crippen molar-refractivity contribution in [3.8, 4) is 17.3 Å². The minimum absolute atomic E-state index is 0.189. The number of hydrogen-bond donors (Lipinski definition) is 1. The Hall–Kier alpha value is -2.77. The van der Waals surface area contributed by atoms with E-state index in [0.717, 1.165) is 48.0 Å². The number of nitrogens with one attached hydrogen (secondary N) is 1. The van der Waals surface area contributed by atoms with Crippen molar-refractivity contribution in [1.82, 2.24) is 29.0 Å². The van der Waals surface area contributed by atoms with Crippen LogP contribution in [0.4, 0.5) is 0 Å². The van der Waals surface area contributed by atoms with Crippen molar-refractivity contribution in [2.24, 2.45) is 4.36 Å². The van der Waals surface area contributed by atoms with Gasteiger partial charge in [0.2, 0.25) is 0 Å². The summed E-state index contributed by atoms with van der Waals surface area (Å²) >= 11 is 0. The standard InChI is InChI=1S/C20H22N8OS/c21-7-6-20(11-27(12-20)30(29,16-3-4-16)26-15-1-2-15)28-10-14(9-25-28)18-17-5-8-22-19(17)24-13-23-18/h5,8-10,13,15-16H,1-4,6,11-12H2,(H,22,23,24)/t30-/m0/s1. The fourth-order valence-electron chi connectivity index (χ4n) is 4.22. The first kappa shape index (κ1) is 18.0. The molecule has 3 aliphatic rings. The van der Waals surface area contributed by atoms with Gasteiger partial charge in [0.15, 0.2) is 0 Å². The largest absolute Gasteiger partial charge is 0.346 e. The highest BCUT2D eigenvalue weighted by molar-refractivity contribution is 7.92. The normalized spacial score (nSPS) is 22.9. The van der Waals surface area contributed by atoms with E-state index in [4.69, 9.17) is 4.36 Å². The van der Waals surface area contributed by atoms with Crippen LogP contribution in [-0.2, 0) is 15.5 Å². The van der Waals surface area contributed by atoms with Gasteiger partial charge in [-0.1, -0.05) is 0 Å². The van der Waals surface area contributed by atoms with Crippen molar-refractivity contribution >= 4 is 20.9 Å². The quantitative estimate of drug-likeness (QED) is 0.655. The molecule has 6 rings (SSSR count). The maximum Gasteiger partial charge on any atom is 0.141 e. The van der Waals surface area contributed by atoms with E-state index < -0.39 is 15.5 Å². The third kappa shape index (κ3) is 2.76. The van der Waals surface area contributed by atoms with Gasteiger partial charge >= 0.3 is 0 Å². The summed E-state index contributed by atoms with van der Waals surface area (Å²) in [6, 6.07) is 4.52. The highest BCUT2D eigenvalue weighted by Crippen LogP contribution is 2.43. The molecule has 0 radical (unpaired) electrons. The summed E-state index contributed by atoms with van der Waals surface area (Å²) in [5, 5.41) is 15.2. The van der Waals surface area contributed by atoms with Gasteiger partial charge in [0.1, 0.15) is 27.4 Å². The summed E-state index contributed by atoms with van der Waals surface area (Å²) in [6.07, 6.45) is 11.5. The van der Waals surface area contributed by atoms with Crippen molar-refractivity contribution in [1.29, 1.82) is 5.26 Å². The first-order chi connectivity index (χ1) is 14.6. The molecule has 4 heterocycles. The SMILES string of the molecule is N#CCC1(n2cc(-c3ncnc4[nH]ccc34)cn2)CN([S@@](=O)(=NC2CC2)C2CC2)C1.